The normalized spacial score (nSPS) is 11.2. The Morgan fingerprint density at radius 3 is 2.30 bits per heavy atom. The molecule has 1 aromatic heterocycles. The molecule has 2 aromatic rings. The summed E-state index contributed by atoms with van der Waals surface area (Å²) in [5, 5.41) is 2.88. The standard InChI is InChI=1S/C15H15F3N4S/c1-22(2)13-12(7-10(8-20-13)15(16,17)18)9-3-5-11(6-4-9)21-14(19)23/h3-8H,1-2H3,(H3,19,21,23). The molecule has 23 heavy (non-hydrogen) atoms. The van der Waals surface area contributed by atoms with Gasteiger partial charge in [-0.2, -0.15) is 13.2 Å². The van der Waals surface area contributed by atoms with Gasteiger partial charge in [0.15, 0.2) is 5.11 Å². The highest BCUT2D eigenvalue weighted by Gasteiger charge is 2.32. The fourth-order valence-electron chi connectivity index (χ4n) is 2.06. The Hall–Kier alpha value is -2.35. The van der Waals surface area contributed by atoms with Crippen LogP contribution in [0.3, 0.4) is 0 Å². The van der Waals surface area contributed by atoms with Crippen molar-refractivity contribution in [1.82, 2.24) is 4.98 Å². The molecule has 0 aliphatic rings. The van der Waals surface area contributed by atoms with E-state index < -0.39 is 11.7 Å². The van der Waals surface area contributed by atoms with Crippen molar-refractivity contribution in [1.29, 1.82) is 0 Å². The SMILES string of the molecule is CN(C)c1ncc(C(F)(F)F)cc1-c1ccc(NC(N)=S)cc1. The van der Waals surface area contributed by atoms with E-state index in [0.717, 1.165) is 12.3 Å². The van der Waals surface area contributed by atoms with Crippen LogP contribution in [0.2, 0.25) is 0 Å². The van der Waals surface area contributed by atoms with Gasteiger partial charge in [-0.15, -0.1) is 0 Å². The van der Waals surface area contributed by atoms with Gasteiger partial charge in [0.2, 0.25) is 0 Å². The van der Waals surface area contributed by atoms with Crippen LogP contribution in [0.5, 0.6) is 0 Å². The maximum absolute atomic E-state index is 12.9. The topological polar surface area (TPSA) is 54.2 Å². The second kappa shape index (κ2) is 6.41. The van der Waals surface area contributed by atoms with Crippen LogP contribution in [0, 0.1) is 0 Å². The Labute approximate surface area is 137 Å². The largest absolute Gasteiger partial charge is 0.417 e. The van der Waals surface area contributed by atoms with E-state index in [1.807, 2.05) is 0 Å². The van der Waals surface area contributed by atoms with Gasteiger partial charge < -0.3 is 16.0 Å². The van der Waals surface area contributed by atoms with E-state index in [2.05, 4.69) is 10.3 Å². The zero-order valence-electron chi connectivity index (χ0n) is 12.5. The van der Waals surface area contributed by atoms with Crippen molar-refractivity contribution in [3.05, 3.63) is 42.1 Å². The van der Waals surface area contributed by atoms with Crippen molar-refractivity contribution in [2.24, 2.45) is 5.73 Å². The van der Waals surface area contributed by atoms with Crippen molar-refractivity contribution in [3.63, 3.8) is 0 Å². The summed E-state index contributed by atoms with van der Waals surface area (Å²) >= 11 is 4.74. The molecular weight excluding hydrogens is 325 g/mol. The fraction of sp³-hybridized carbons (Fsp3) is 0.200. The minimum absolute atomic E-state index is 0.118. The number of aromatic nitrogens is 1. The number of hydrogen-bond acceptors (Lipinski definition) is 3. The fourth-order valence-corrected chi connectivity index (χ4v) is 2.17. The van der Waals surface area contributed by atoms with Crippen LogP contribution >= 0.6 is 12.2 Å². The van der Waals surface area contributed by atoms with Gasteiger partial charge in [0.05, 0.1) is 5.56 Å². The summed E-state index contributed by atoms with van der Waals surface area (Å²) in [7, 11) is 3.45. The number of thiocarbonyl (C=S) groups is 1. The quantitative estimate of drug-likeness (QED) is 0.838. The Balaban J connectivity index is 2.49. The number of alkyl halides is 3. The Morgan fingerprint density at radius 1 is 1.22 bits per heavy atom. The zero-order valence-corrected chi connectivity index (χ0v) is 13.3. The van der Waals surface area contributed by atoms with Crippen LogP contribution in [0.25, 0.3) is 11.1 Å². The molecule has 0 amide bonds. The third kappa shape index (κ3) is 4.10. The molecule has 0 atom stereocenters. The number of nitrogens with one attached hydrogen (secondary N) is 1. The van der Waals surface area contributed by atoms with Crippen LogP contribution < -0.4 is 16.0 Å². The lowest BCUT2D eigenvalue weighted by Crippen LogP contribution is -2.18. The monoisotopic (exact) mass is 340 g/mol. The molecule has 3 N–H and O–H groups in total. The summed E-state index contributed by atoms with van der Waals surface area (Å²) in [5.74, 6) is 0.452. The highest BCUT2D eigenvalue weighted by Crippen LogP contribution is 2.35. The third-order valence-electron chi connectivity index (χ3n) is 3.08. The third-order valence-corrected chi connectivity index (χ3v) is 3.18. The van der Waals surface area contributed by atoms with E-state index in [1.54, 1.807) is 43.3 Å². The van der Waals surface area contributed by atoms with Crippen molar-refractivity contribution < 1.29 is 13.2 Å². The minimum Gasteiger partial charge on any atom is -0.376 e. The molecule has 8 heteroatoms. The number of anilines is 2. The average molecular weight is 340 g/mol. The number of pyridine rings is 1. The van der Waals surface area contributed by atoms with Gasteiger partial charge in [-0.1, -0.05) is 12.1 Å². The number of halogens is 3. The Bertz CT molecular complexity index is 712. The first kappa shape index (κ1) is 17.0. The van der Waals surface area contributed by atoms with Crippen molar-refractivity contribution in [3.8, 4) is 11.1 Å². The van der Waals surface area contributed by atoms with Gasteiger partial charge in [-0.25, -0.2) is 4.98 Å². The first-order valence-corrected chi connectivity index (χ1v) is 7.01. The van der Waals surface area contributed by atoms with Gasteiger partial charge in [0.1, 0.15) is 5.82 Å². The van der Waals surface area contributed by atoms with E-state index in [4.69, 9.17) is 18.0 Å². The van der Waals surface area contributed by atoms with Crippen molar-refractivity contribution in [2.75, 3.05) is 24.3 Å². The summed E-state index contributed by atoms with van der Waals surface area (Å²) < 4.78 is 38.8. The molecule has 0 radical (unpaired) electrons. The van der Waals surface area contributed by atoms with Gasteiger partial charge >= 0.3 is 6.18 Å². The summed E-state index contributed by atoms with van der Waals surface area (Å²) in [5.41, 5.74) is 6.26. The predicted molar refractivity (Wildman–Crippen MR) is 89.4 cm³/mol. The second-order valence-electron chi connectivity index (χ2n) is 5.05. The lowest BCUT2D eigenvalue weighted by atomic mass is 10.0. The lowest BCUT2D eigenvalue weighted by molar-refractivity contribution is -0.137. The predicted octanol–water partition coefficient (Wildman–Crippen LogP) is 3.49. The molecule has 0 spiro atoms. The summed E-state index contributed by atoms with van der Waals surface area (Å²) in [6, 6.07) is 7.84. The second-order valence-corrected chi connectivity index (χ2v) is 5.49. The van der Waals surface area contributed by atoms with E-state index in [-0.39, 0.29) is 5.11 Å². The average Bonchev–Trinajstić information content (AvgIpc) is 2.45. The minimum atomic E-state index is -4.44. The molecule has 0 saturated heterocycles. The highest BCUT2D eigenvalue weighted by molar-refractivity contribution is 7.80. The van der Waals surface area contributed by atoms with E-state index >= 15 is 0 Å². The molecule has 4 nitrogen and oxygen atoms in total. The summed E-state index contributed by atoms with van der Waals surface area (Å²) in [6.07, 6.45) is -3.61. The molecule has 1 aromatic carbocycles. The van der Waals surface area contributed by atoms with Crippen LogP contribution in [-0.2, 0) is 6.18 Å². The number of benzene rings is 1. The van der Waals surface area contributed by atoms with E-state index in [1.165, 1.54) is 0 Å². The van der Waals surface area contributed by atoms with Gasteiger partial charge in [-0.3, -0.25) is 0 Å². The van der Waals surface area contributed by atoms with E-state index in [0.29, 0.717) is 22.6 Å². The number of nitrogens with two attached hydrogens (primary N) is 1. The number of hydrogen-bond donors (Lipinski definition) is 2. The molecule has 0 unspecified atom stereocenters. The lowest BCUT2D eigenvalue weighted by Gasteiger charge is -2.18. The first-order chi connectivity index (χ1) is 10.7. The molecule has 0 fully saturated rings. The maximum Gasteiger partial charge on any atom is 0.417 e. The molecule has 0 bridgehead atoms. The molecule has 2 rings (SSSR count). The Kier molecular flexibility index (Phi) is 4.74. The summed E-state index contributed by atoms with van der Waals surface area (Å²) in [4.78, 5) is 5.60. The molecule has 122 valence electrons. The van der Waals surface area contributed by atoms with Gasteiger partial charge in [0.25, 0.3) is 0 Å². The summed E-state index contributed by atoms with van der Waals surface area (Å²) in [6.45, 7) is 0. The van der Waals surface area contributed by atoms with Gasteiger partial charge in [0, 0.05) is 31.5 Å². The van der Waals surface area contributed by atoms with Gasteiger partial charge in [-0.05, 0) is 36.0 Å². The number of nitrogens with zero attached hydrogens (tertiary/aromatic N) is 2. The van der Waals surface area contributed by atoms with Crippen molar-refractivity contribution >= 4 is 28.8 Å². The molecule has 1 heterocycles. The maximum atomic E-state index is 12.9. The van der Waals surface area contributed by atoms with E-state index in [9.17, 15) is 13.2 Å². The molecule has 0 saturated carbocycles. The molecule has 0 aliphatic carbocycles. The van der Waals surface area contributed by atoms with Crippen LogP contribution in [0.1, 0.15) is 5.56 Å². The number of rotatable bonds is 3. The van der Waals surface area contributed by atoms with Crippen LogP contribution in [0.4, 0.5) is 24.7 Å². The van der Waals surface area contributed by atoms with Crippen molar-refractivity contribution in [2.45, 2.75) is 6.18 Å². The van der Waals surface area contributed by atoms with Crippen LogP contribution in [0.15, 0.2) is 36.5 Å². The van der Waals surface area contributed by atoms with Crippen LogP contribution in [-0.4, -0.2) is 24.2 Å². The zero-order chi connectivity index (χ0) is 17.2. The molecular formula is C15H15F3N4S. The molecule has 0 aliphatic heterocycles. The Morgan fingerprint density at radius 2 is 1.83 bits per heavy atom. The smallest absolute Gasteiger partial charge is 0.376 e. The highest BCUT2D eigenvalue weighted by atomic mass is 32.1. The first-order valence-electron chi connectivity index (χ1n) is 6.60.